The molecule has 200 valence electrons. The standard InChI is InChI=1S/C15H22O3.C14H20O4/c1-9(2)7-8-12-10(3)11(4)14(17-5)15(18-6)13(12)16;1-8(2)6-7-10-9(3)11(15)13(17-4)14(18-5)12(10)16/h7,16H,8H2,1-6H3;6,15-16H,7H2,1-5H3. The Bertz CT molecular complexity index is 1030. The molecule has 36 heavy (non-hydrogen) atoms. The van der Waals surface area contributed by atoms with Crippen LogP contribution in [0.3, 0.4) is 0 Å². The number of methoxy groups -OCH3 is 4. The molecule has 0 unspecified atom stereocenters. The van der Waals surface area contributed by atoms with E-state index in [-0.39, 0.29) is 28.7 Å². The molecule has 2 aromatic carbocycles. The molecular formula is C29H42O7. The maximum absolute atomic E-state index is 10.3. The molecule has 3 N–H and O–H groups in total. The predicted octanol–water partition coefficient (Wildman–Crippen LogP) is 6.47. The van der Waals surface area contributed by atoms with Crippen molar-refractivity contribution < 1.29 is 34.3 Å². The molecule has 0 radical (unpaired) electrons. The second-order valence-electron chi connectivity index (χ2n) is 8.98. The zero-order valence-corrected chi connectivity index (χ0v) is 23.5. The fourth-order valence-electron chi connectivity index (χ4n) is 3.76. The van der Waals surface area contributed by atoms with E-state index in [0.717, 1.165) is 22.3 Å². The Hall–Kier alpha value is -3.48. The number of phenolic OH excluding ortho intramolecular Hbond substituents is 3. The second-order valence-corrected chi connectivity index (χ2v) is 8.98. The lowest BCUT2D eigenvalue weighted by atomic mass is 9.97. The molecule has 2 aromatic rings. The Labute approximate surface area is 215 Å². The molecule has 0 amide bonds. The molecule has 0 atom stereocenters. The van der Waals surface area contributed by atoms with Gasteiger partial charge in [-0.05, 0) is 72.4 Å². The fourth-order valence-corrected chi connectivity index (χ4v) is 3.76. The maximum Gasteiger partial charge on any atom is 0.207 e. The van der Waals surface area contributed by atoms with Gasteiger partial charge in [0.15, 0.2) is 23.0 Å². The van der Waals surface area contributed by atoms with E-state index in [1.807, 2.05) is 47.6 Å². The predicted molar refractivity (Wildman–Crippen MR) is 145 cm³/mol. The van der Waals surface area contributed by atoms with Crippen molar-refractivity contribution in [2.75, 3.05) is 28.4 Å². The maximum atomic E-state index is 10.3. The van der Waals surface area contributed by atoms with Gasteiger partial charge in [-0.2, -0.15) is 0 Å². The van der Waals surface area contributed by atoms with Gasteiger partial charge in [0.05, 0.1) is 28.4 Å². The van der Waals surface area contributed by atoms with Crippen molar-refractivity contribution >= 4 is 0 Å². The molecule has 0 saturated heterocycles. The second kappa shape index (κ2) is 13.6. The third-order valence-corrected chi connectivity index (χ3v) is 6.04. The highest BCUT2D eigenvalue weighted by molar-refractivity contribution is 5.66. The highest BCUT2D eigenvalue weighted by Gasteiger charge is 2.22. The Kier molecular flexibility index (Phi) is 11.5. The van der Waals surface area contributed by atoms with E-state index in [9.17, 15) is 15.3 Å². The molecule has 0 aliphatic rings. The number of hydrogen-bond donors (Lipinski definition) is 3. The Balaban J connectivity index is 0.000000360. The third kappa shape index (κ3) is 6.80. The van der Waals surface area contributed by atoms with Gasteiger partial charge in [0, 0.05) is 16.7 Å². The van der Waals surface area contributed by atoms with Crippen molar-refractivity contribution in [2.45, 2.75) is 61.3 Å². The van der Waals surface area contributed by atoms with Gasteiger partial charge < -0.3 is 34.3 Å². The van der Waals surface area contributed by atoms with Crippen LogP contribution in [0.5, 0.6) is 40.2 Å². The first-order valence-electron chi connectivity index (χ1n) is 11.7. The molecule has 0 fully saturated rings. The number of hydrogen-bond acceptors (Lipinski definition) is 7. The Morgan fingerprint density at radius 3 is 1.22 bits per heavy atom. The highest BCUT2D eigenvalue weighted by Crippen LogP contribution is 2.48. The topological polar surface area (TPSA) is 97.6 Å². The molecule has 7 nitrogen and oxygen atoms in total. The fraction of sp³-hybridized carbons (Fsp3) is 0.448. The van der Waals surface area contributed by atoms with Crippen molar-refractivity contribution in [3.8, 4) is 40.2 Å². The molecule has 0 saturated carbocycles. The van der Waals surface area contributed by atoms with Crippen LogP contribution in [0.15, 0.2) is 23.3 Å². The van der Waals surface area contributed by atoms with Crippen molar-refractivity contribution in [3.63, 3.8) is 0 Å². The van der Waals surface area contributed by atoms with Crippen LogP contribution in [-0.4, -0.2) is 43.8 Å². The van der Waals surface area contributed by atoms with Crippen molar-refractivity contribution in [3.05, 3.63) is 51.1 Å². The summed E-state index contributed by atoms with van der Waals surface area (Å²) >= 11 is 0. The molecular weight excluding hydrogens is 460 g/mol. The summed E-state index contributed by atoms with van der Waals surface area (Å²) in [7, 11) is 5.97. The lowest BCUT2D eigenvalue weighted by Gasteiger charge is -2.18. The van der Waals surface area contributed by atoms with Crippen LogP contribution < -0.4 is 18.9 Å². The molecule has 7 heteroatoms. The quantitative estimate of drug-likeness (QED) is 0.281. The van der Waals surface area contributed by atoms with Gasteiger partial charge in [-0.25, -0.2) is 0 Å². The summed E-state index contributed by atoms with van der Waals surface area (Å²) in [6.07, 6.45) is 5.30. The molecule has 0 aliphatic carbocycles. The van der Waals surface area contributed by atoms with Crippen LogP contribution in [0.25, 0.3) is 0 Å². The van der Waals surface area contributed by atoms with Gasteiger partial charge in [0.2, 0.25) is 17.2 Å². The first-order valence-corrected chi connectivity index (χ1v) is 11.7. The van der Waals surface area contributed by atoms with Crippen LogP contribution >= 0.6 is 0 Å². The molecule has 0 bridgehead atoms. The number of rotatable bonds is 8. The largest absolute Gasteiger partial charge is 0.504 e. The molecule has 0 aliphatic heterocycles. The van der Waals surface area contributed by atoms with Gasteiger partial charge >= 0.3 is 0 Å². The molecule has 0 aromatic heterocycles. The summed E-state index contributed by atoms with van der Waals surface area (Å²) in [5.74, 6) is 1.54. The molecule has 0 heterocycles. The van der Waals surface area contributed by atoms with E-state index in [1.54, 1.807) is 14.0 Å². The lowest BCUT2D eigenvalue weighted by molar-refractivity contribution is 0.314. The monoisotopic (exact) mass is 502 g/mol. The first-order chi connectivity index (χ1) is 16.9. The number of benzene rings is 2. The number of phenols is 3. The van der Waals surface area contributed by atoms with Crippen molar-refractivity contribution in [1.82, 2.24) is 0 Å². The van der Waals surface area contributed by atoms with Crippen LogP contribution in [0, 0.1) is 20.8 Å². The zero-order chi connectivity index (χ0) is 27.7. The van der Waals surface area contributed by atoms with Crippen LogP contribution in [0.1, 0.15) is 55.5 Å². The van der Waals surface area contributed by atoms with E-state index in [1.165, 1.54) is 26.9 Å². The minimum Gasteiger partial charge on any atom is -0.504 e. The minimum absolute atomic E-state index is 0.00399. The van der Waals surface area contributed by atoms with Gasteiger partial charge in [-0.3, -0.25) is 0 Å². The van der Waals surface area contributed by atoms with E-state index < -0.39 is 0 Å². The molecule has 0 spiro atoms. The number of ether oxygens (including phenoxy) is 4. The SMILES string of the molecule is COc1c(C)c(C)c(CC=C(C)C)c(O)c1OC.COc1c(O)c(C)c(CC=C(C)C)c(O)c1OC. The summed E-state index contributed by atoms with van der Waals surface area (Å²) in [5.41, 5.74) is 6.55. The van der Waals surface area contributed by atoms with Crippen molar-refractivity contribution in [2.24, 2.45) is 0 Å². The van der Waals surface area contributed by atoms with Gasteiger partial charge in [-0.15, -0.1) is 0 Å². The van der Waals surface area contributed by atoms with E-state index in [2.05, 4.69) is 6.08 Å². The van der Waals surface area contributed by atoms with Crippen molar-refractivity contribution in [1.29, 1.82) is 0 Å². The van der Waals surface area contributed by atoms with E-state index in [4.69, 9.17) is 18.9 Å². The average molecular weight is 503 g/mol. The van der Waals surface area contributed by atoms with Gasteiger partial charge in [0.25, 0.3) is 0 Å². The molecule has 2 rings (SSSR count). The summed E-state index contributed by atoms with van der Waals surface area (Å²) in [6, 6.07) is 0. The number of allylic oxidation sites excluding steroid dienone is 4. The highest BCUT2D eigenvalue weighted by atomic mass is 16.5. The smallest absolute Gasteiger partial charge is 0.207 e. The first kappa shape index (κ1) is 30.6. The van der Waals surface area contributed by atoms with Crippen LogP contribution in [-0.2, 0) is 12.8 Å². The lowest BCUT2D eigenvalue weighted by Crippen LogP contribution is -2.00. The Morgan fingerprint density at radius 1 is 0.528 bits per heavy atom. The third-order valence-electron chi connectivity index (χ3n) is 6.04. The van der Waals surface area contributed by atoms with E-state index >= 15 is 0 Å². The average Bonchev–Trinajstić information content (AvgIpc) is 2.83. The van der Waals surface area contributed by atoms with E-state index in [0.29, 0.717) is 35.5 Å². The van der Waals surface area contributed by atoms with Gasteiger partial charge in [-0.1, -0.05) is 23.3 Å². The van der Waals surface area contributed by atoms with Crippen LogP contribution in [0.2, 0.25) is 0 Å². The summed E-state index contributed by atoms with van der Waals surface area (Å²) in [6.45, 7) is 13.7. The zero-order valence-electron chi connectivity index (χ0n) is 23.5. The summed E-state index contributed by atoms with van der Waals surface area (Å²) in [5, 5.41) is 30.5. The summed E-state index contributed by atoms with van der Waals surface area (Å²) in [4.78, 5) is 0. The minimum atomic E-state index is 0.00399. The van der Waals surface area contributed by atoms with Gasteiger partial charge in [0.1, 0.15) is 0 Å². The number of aromatic hydroxyl groups is 3. The summed E-state index contributed by atoms with van der Waals surface area (Å²) < 4.78 is 20.7. The van der Waals surface area contributed by atoms with Crippen LogP contribution in [0.4, 0.5) is 0 Å². The Morgan fingerprint density at radius 2 is 0.861 bits per heavy atom. The normalized spacial score (nSPS) is 10.1.